The van der Waals surface area contributed by atoms with E-state index in [4.69, 9.17) is 0 Å². The van der Waals surface area contributed by atoms with E-state index in [1.165, 1.54) is 17.9 Å². The number of guanidine groups is 1. The first-order valence-corrected chi connectivity index (χ1v) is 11.1. The summed E-state index contributed by atoms with van der Waals surface area (Å²) in [6.07, 6.45) is 4.97. The van der Waals surface area contributed by atoms with Crippen molar-refractivity contribution >= 4 is 29.3 Å². The summed E-state index contributed by atoms with van der Waals surface area (Å²) in [7, 11) is 1.77. The van der Waals surface area contributed by atoms with Gasteiger partial charge in [0.05, 0.1) is 0 Å². The van der Waals surface area contributed by atoms with E-state index in [0.717, 1.165) is 45.1 Å². The van der Waals surface area contributed by atoms with E-state index in [-0.39, 0.29) is 5.91 Å². The highest BCUT2D eigenvalue weighted by Crippen LogP contribution is 2.15. The van der Waals surface area contributed by atoms with Gasteiger partial charge in [0.15, 0.2) is 5.96 Å². The highest BCUT2D eigenvalue weighted by atomic mass is 32.2. The number of hydrogen-bond acceptors (Lipinski definition) is 4. The van der Waals surface area contributed by atoms with E-state index < -0.39 is 0 Å². The fourth-order valence-electron chi connectivity index (χ4n) is 3.10. The Kier molecular flexibility index (Phi) is 9.90. The Bertz CT molecular complexity index is 573. The zero-order chi connectivity index (χ0) is 19.3. The predicted molar refractivity (Wildman–Crippen MR) is 117 cm³/mol. The van der Waals surface area contributed by atoms with Gasteiger partial charge in [0.25, 0.3) is 0 Å². The minimum atomic E-state index is 0.214. The van der Waals surface area contributed by atoms with Crippen molar-refractivity contribution in [3.05, 3.63) is 30.3 Å². The van der Waals surface area contributed by atoms with E-state index in [1.54, 1.807) is 7.05 Å². The van der Waals surface area contributed by atoms with E-state index in [2.05, 4.69) is 51.0 Å². The molecule has 6 nitrogen and oxygen atoms in total. The van der Waals surface area contributed by atoms with Crippen LogP contribution >= 0.6 is 11.8 Å². The molecular formula is C20H33N5OS. The Balaban J connectivity index is 1.61. The first-order valence-electron chi connectivity index (χ1n) is 9.76. The second-order valence-electron chi connectivity index (χ2n) is 6.58. The predicted octanol–water partition coefficient (Wildman–Crippen LogP) is 2.03. The molecule has 0 spiro atoms. The summed E-state index contributed by atoms with van der Waals surface area (Å²) in [5.41, 5.74) is 1.23. The van der Waals surface area contributed by atoms with Crippen LogP contribution in [0.3, 0.4) is 0 Å². The van der Waals surface area contributed by atoms with Gasteiger partial charge in [-0.05, 0) is 37.0 Å². The van der Waals surface area contributed by atoms with Gasteiger partial charge in [0.1, 0.15) is 0 Å². The largest absolute Gasteiger partial charge is 0.368 e. The van der Waals surface area contributed by atoms with Gasteiger partial charge in [0, 0.05) is 58.4 Å². The lowest BCUT2D eigenvalue weighted by Crippen LogP contribution is -2.49. The highest BCUT2D eigenvalue weighted by molar-refractivity contribution is 7.98. The summed E-state index contributed by atoms with van der Waals surface area (Å²) >= 11 is 1.88. The molecule has 27 heavy (non-hydrogen) atoms. The number of aliphatic imine (C=N–C) groups is 1. The van der Waals surface area contributed by atoms with Crippen molar-refractivity contribution in [1.82, 2.24) is 15.5 Å². The Morgan fingerprint density at radius 1 is 1.07 bits per heavy atom. The van der Waals surface area contributed by atoms with Crippen LogP contribution in [0.4, 0.5) is 5.69 Å². The van der Waals surface area contributed by atoms with Crippen molar-refractivity contribution in [3.63, 3.8) is 0 Å². The zero-order valence-corrected chi connectivity index (χ0v) is 17.4. The van der Waals surface area contributed by atoms with Crippen molar-refractivity contribution in [2.75, 3.05) is 63.2 Å². The number of anilines is 1. The Hall–Kier alpha value is -1.89. The number of carbonyl (C=O) groups excluding carboxylic acids is 1. The molecule has 1 saturated heterocycles. The van der Waals surface area contributed by atoms with Gasteiger partial charge in [-0.15, -0.1) is 0 Å². The lowest BCUT2D eigenvalue weighted by molar-refractivity contribution is -0.131. The van der Waals surface area contributed by atoms with Crippen LogP contribution in [0.15, 0.2) is 35.3 Å². The lowest BCUT2D eigenvalue weighted by Gasteiger charge is -2.36. The fraction of sp³-hybridized carbons (Fsp3) is 0.600. The summed E-state index contributed by atoms with van der Waals surface area (Å²) in [5.74, 6) is 2.19. The number of thioether (sulfide) groups is 1. The molecule has 0 aromatic heterocycles. The Morgan fingerprint density at radius 2 is 1.78 bits per heavy atom. The average Bonchev–Trinajstić information content (AvgIpc) is 2.73. The maximum Gasteiger partial charge on any atom is 0.224 e. The molecule has 2 N–H and O–H groups in total. The van der Waals surface area contributed by atoms with Gasteiger partial charge in [-0.25, -0.2) is 0 Å². The van der Waals surface area contributed by atoms with Crippen LogP contribution in [-0.4, -0.2) is 75.1 Å². The molecule has 1 aromatic carbocycles. The number of nitrogens with zero attached hydrogens (tertiary/aromatic N) is 3. The maximum absolute atomic E-state index is 12.4. The van der Waals surface area contributed by atoms with Crippen LogP contribution in [-0.2, 0) is 4.79 Å². The topological polar surface area (TPSA) is 60.0 Å². The van der Waals surface area contributed by atoms with Gasteiger partial charge >= 0.3 is 0 Å². The summed E-state index contributed by atoms with van der Waals surface area (Å²) in [4.78, 5) is 21.0. The van der Waals surface area contributed by atoms with E-state index in [1.807, 2.05) is 22.7 Å². The van der Waals surface area contributed by atoms with Crippen LogP contribution in [0.25, 0.3) is 0 Å². The SMILES string of the molecule is CN=C(NCCCCSC)NCCC(=O)N1CCN(c2ccccc2)CC1. The molecule has 2 rings (SSSR count). The molecule has 0 saturated carbocycles. The Morgan fingerprint density at radius 3 is 2.44 bits per heavy atom. The minimum absolute atomic E-state index is 0.214. The fourth-order valence-corrected chi connectivity index (χ4v) is 3.59. The molecule has 1 amide bonds. The third-order valence-corrected chi connectivity index (χ3v) is 5.37. The molecule has 0 unspecified atom stereocenters. The highest BCUT2D eigenvalue weighted by Gasteiger charge is 2.20. The van der Waals surface area contributed by atoms with E-state index in [0.29, 0.717) is 13.0 Å². The lowest BCUT2D eigenvalue weighted by atomic mass is 10.2. The smallest absolute Gasteiger partial charge is 0.224 e. The third-order valence-electron chi connectivity index (χ3n) is 4.68. The molecule has 1 aromatic rings. The molecule has 1 heterocycles. The van der Waals surface area contributed by atoms with Crippen molar-refractivity contribution in [1.29, 1.82) is 0 Å². The maximum atomic E-state index is 12.4. The molecule has 150 valence electrons. The average molecular weight is 392 g/mol. The monoisotopic (exact) mass is 391 g/mol. The second kappa shape index (κ2) is 12.5. The van der Waals surface area contributed by atoms with Gasteiger partial charge < -0.3 is 20.4 Å². The number of para-hydroxylation sites is 1. The molecule has 7 heteroatoms. The first-order chi connectivity index (χ1) is 13.2. The number of piperazine rings is 1. The van der Waals surface area contributed by atoms with E-state index >= 15 is 0 Å². The number of rotatable bonds is 9. The summed E-state index contributed by atoms with van der Waals surface area (Å²) in [5, 5.41) is 6.54. The zero-order valence-electron chi connectivity index (χ0n) is 16.6. The molecule has 1 aliphatic heterocycles. The number of hydrogen-bond donors (Lipinski definition) is 2. The quantitative estimate of drug-likeness (QED) is 0.383. The standard InChI is InChI=1S/C20H33N5OS/c1-21-20(22-11-6-7-17-27-2)23-12-10-19(26)25-15-13-24(14-16-25)18-8-4-3-5-9-18/h3-5,8-9H,6-7,10-17H2,1-2H3,(H2,21,22,23). The molecule has 0 atom stereocenters. The van der Waals surface area contributed by atoms with Gasteiger partial charge in [-0.1, -0.05) is 18.2 Å². The van der Waals surface area contributed by atoms with Crippen molar-refractivity contribution in [2.24, 2.45) is 4.99 Å². The van der Waals surface area contributed by atoms with Crippen molar-refractivity contribution < 1.29 is 4.79 Å². The van der Waals surface area contributed by atoms with Crippen LogP contribution in [0, 0.1) is 0 Å². The van der Waals surface area contributed by atoms with E-state index in [9.17, 15) is 4.79 Å². The molecule has 1 aliphatic rings. The van der Waals surface area contributed by atoms with Crippen LogP contribution in [0.1, 0.15) is 19.3 Å². The number of benzene rings is 1. The Labute approximate surface area is 167 Å². The van der Waals surface area contributed by atoms with Crippen molar-refractivity contribution in [3.8, 4) is 0 Å². The van der Waals surface area contributed by atoms with Gasteiger partial charge in [-0.3, -0.25) is 9.79 Å². The minimum Gasteiger partial charge on any atom is -0.368 e. The third kappa shape index (κ3) is 7.71. The number of nitrogens with one attached hydrogen (secondary N) is 2. The summed E-state index contributed by atoms with van der Waals surface area (Å²) < 4.78 is 0. The molecule has 0 bridgehead atoms. The van der Waals surface area contributed by atoms with Crippen molar-refractivity contribution in [2.45, 2.75) is 19.3 Å². The summed E-state index contributed by atoms with van der Waals surface area (Å²) in [6.45, 7) is 4.88. The summed E-state index contributed by atoms with van der Waals surface area (Å²) in [6, 6.07) is 10.4. The molecule has 0 radical (unpaired) electrons. The van der Waals surface area contributed by atoms with Gasteiger partial charge in [0.2, 0.25) is 5.91 Å². The molecule has 0 aliphatic carbocycles. The van der Waals surface area contributed by atoms with Crippen LogP contribution in [0.2, 0.25) is 0 Å². The molecular weight excluding hydrogens is 358 g/mol. The number of carbonyl (C=O) groups is 1. The number of amides is 1. The normalized spacial score (nSPS) is 15.0. The second-order valence-corrected chi connectivity index (χ2v) is 7.56. The van der Waals surface area contributed by atoms with Crippen LogP contribution in [0.5, 0.6) is 0 Å². The molecule has 1 fully saturated rings. The first kappa shape index (κ1) is 21.4. The van der Waals surface area contributed by atoms with Gasteiger partial charge in [-0.2, -0.15) is 11.8 Å². The van der Waals surface area contributed by atoms with Crippen LogP contribution < -0.4 is 15.5 Å². The number of unbranched alkanes of at least 4 members (excludes halogenated alkanes) is 1.